The zero-order chi connectivity index (χ0) is 9.47. The first-order chi connectivity index (χ1) is 6.17. The number of hydrogen-bond acceptors (Lipinski definition) is 2. The molecule has 0 spiro atoms. The first-order valence-electron chi connectivity index (χ1n) is 5.08. The summed E-state index contributed by atoms with van der Waals surface area (Å²) in [4.78, 5) is 11.0. The fourth-order valence-corrected chi connectivity index (χ4v) is 2.63. The van der Waals surface area contributed by atoms with Gasteiger partial charge < -0.3 is 10.2 Å². The van der Waals surface area contributed by atoms with E-state index in [1.54, 1.807) is 0 Å². The highest BCUT2D eigenvalue weighted by Gasteiger charge is 2.57. The quantitative estimate of drug-likeness (QED) is 0.682. The molecule has 2 unspecified atom stereocenters. The molecule has 2 fully saturated rings. The molecule has 2 atom stereocenters. The Morgan fingerprint density at radius 2 is 1.85 bits per heavy atom. The van der Waals surface area contributed by atoms with Gasteiger partial charge in [0.2, 0.25) is 0 Å². The van der Waals surface area contributed by atoms with Gasteiger partial charge in [-0.25, -0.2) is 0 Å². The Kier molecular flexibility index (Phi) is 2.06. The van der Waals surface area contributed by atoms with Crippen LogP contribution in [-0.4, -0.2) is 22.3 Å². The van der Waals surface area contributed by atoms with Crippen LogP contribution in [0.1, 0.15) is 38.5 Å². The third-order valence-corrected chi connectivity index (χ3v) is 3.65. The molecule has 2 N–H and O–H groups in total. The van der Waals surface area contributed by atoms with Crippen molar-refractivity contribution in [1.29, 1.82) is 0 Å². The second-order valence-electron chi connectivity index (χ2n) is 4.42. The molecule has 0 saturated heterocycles. The van der Waals surface area contributed by atoms with Crippen LogP contribution in [0.15, 0.2) is 0 Å². The Balaban J connectivity index is 2.10. The highest BCUT2D eigenvalue weighted by molar-refractivity contribution is 5.78. The summed E-state index contributed by atoms with van der Waals surface area (Å²) in [7, 11) is 0. The molecule has 0 bridgehead atoms. The molecule has 2 saturated carbocycles. The molecule has 0 radical (unpaired) electrons. The Morgan fingerprint density at radius 3 is 2.31 bits per heavy atom. The molecule has 0 aromatic heterocycles. The largest absolute Gasteiger partial charge is 0.481 e. The lowest BCUT2D eigenvalue weighted by Crippen LogP contribution is -2.36. The lowest BCUT2D eigenvalue weighted by atomic mass is 9.76. The average molecular weight is 184 g/mol. The summed E-state index contributed by atoms with van der Waals surface area (Å²) in [6.07, 6.45) is 4.98. The molecule has 2 aliphatic carbocycles. The molecular formula is C10H16O3. The number of aliphatic hydroxyl groups excluding tert-OH is 1. The lowest BCUT2D eigenvalue weighted by Gasteiger charge is -2.32. The van der Waals surface area contributed by atoms with Crippen LogP contribution in [0.5, 0.6) is 0 Å². The van der Waals surface area contributed by atoms with E-state index in [1.807, 2.05) is 0 Å². The van der Waals surface area contributed by atoms with Crippen LogP contribution in [-0.2, 0) is 4.79 Å². The van der Waals surface area contributed by atoms with E-state index in [1.165, 1.54) is 0 Å². The van der Waals surface area contributed by atoms with Gasteiger partial charge in [-0.1, -0.05) is 12.8 Å². The van der Waals surface area contributed by atoms with Gasteiger partial charge in [-0.05, 0) is 25.7 Å². The molecule has 0 aromatic carbocycles. The van der Waals surface area contributed by atoms with Gasteiger partial charge in [0.15, 0.2) is 0 Å². The highest BCUT2D eigenvalue weighted by Crippen LogP contribution is 2.56. The van der Waals surface area contributed by atoms with Gasteiger partial charge in [0, 0.05) is 5.92 Å². The van der Waals surface area contributed by atoms with Gasteiger partial charge in [-0.3, -0.25) is 4.79 Å². The predicted molar refractivity (Wildman–Crippen MR) is 47.3 cm³/mol. The number of aliphatic carboxylic acids is 1. The fourth-order valence-electron chi connectivity index (χ4n) is 2.63. The van der Waals surface area contributed by atoms with Crippen LogP contribution in [0.3, 0.4) is 0 Å². The van der Waals surface area contributed by atoms with E-state index in [9.17, 15) is 9.90 Å². The standard InChI is InChI=1S/C10H16O3/c11-8-4-2-1-3-7(8)10(5-6-10)9(12)13/h7-8,11H,1-6H2,(H,12,13). The van der Waals surface area contributed by atoms with Crippen molar-refractivity contribution in [3.05, 3.63) is 0 Å². The fraction of sp³-hybridized carbons (Fsp3) is 0.900. The van der Waals surface area contributed by atoms with E-state index in [2.05, 4.69) is 0 Å². The van der Waals surface area contributed by atoms with E-state index in [0.717, 1.165) is 38.5 Å². The van der Waals surface area contributed by atoms with Crippen molar-refractivity contribution in [2.24, 2.45) is 11.3 Å². The molecule has 3 heteroatoms. The zero-order valence-electron chi connectivity index (χ0n) is 7.70. The number of carboxylic acids is 1. The summed E-state index contributed by atoms with van der Waals surface area (Å²) >= 11 is 0. The predicted octanol–water partition coefficient (Wildman–Crippen LogP) is 1.40. The minimum Gasteiger partial charge on any atom is -0.481 e. The summed E-state index contributed by atoms with van der Waals surface area (Å²) in [5, 5.41) is 18.8. The molecule has 3 nitrogen and oxygen atoms in total. The summed E-state index contributed by atoms with van der Waals surface area (Å²) in [5.41, 5.74) is -0.542. The monoisotopic (exact) mass is 184 g/mol. The number of hydrogen-bond donors (Lipinski definition) is 2. The minimum absolute atomic E-state index is 0.0266. The van der Waals surface area contributed by atoms with Crippen molar-refractivity contribution >= 4 is 5.97 Å². The summed E-state index contributed by atoms with van der Waals surface area (Å²) in [6.45, 7) is 0. The maximum Gasteiger partial charge on any atom is 0.310 e. The molecule has 0 heterocycles. The maximum atomic E-state index is 11.0. The zero-order valence-corrected chi connectivity index (χ0v) is 7.70. The molecule has 13 heavy (non-hydrogen) atoms. The molecule has 0 amide bonds. The van der Waals surface area contributed by atoms with Gasteiger partial charge in [0.25, 0.3) is 0 Å². The summed E-state index contributed by atoms with van der Waals surface area (Å²) in [6, 6.07) is 0. The second-order valence-corrected chi connectivity index (χ2v) is 4.42. The molecule has 74 valence electrons. The third kappa shape index (κ3) is 1.35. The van der Waals surface area contributed by atoms with Crippen molar-refractivity contribution in [2.75, 3.05) is 0 Å². The van der Waals surface area contributed by atoms with Gasteiger partial charge in [0.1, 0.15) is 0 Å². The maximum absolute atomic E-state index is 11.0. The van der Waals surface area contributed by atoms with Crippen molar-refractivity contribution in [1.82, 2.24) is 0 Å². The SMILES string of the molecule is O=C(O)C1(C2CCCCC2O)CC1. The van der Waals surface area contributed by atoms with E-state index in [-0.39, 0.29) is 12.0 Å². The van der Waals surface area contributed by atoms with Crippen LogP contribution in [0.25, 0.3) is 0 Å². The number of carboxylic acid groups (broad SMARTS) is 1. The Labute approximate surface area is 77.8 Å². The van der Waals surface area contributed by atoms with Crippen LogP contribution < -0.4 is 0 Å². The van der Waals surface area contributed by atoms with Crippen LogP contribution in [0, 0.1) is 11.3 Å². The smallest absolute Gasteiger partial charge is 0.310 e. The minimum atomic E-state index is -0.696. The van der Waals surface area contributed by atoms with Gasteiger partial charge in [0.05, 0.1) is 11.5 Å². The van der Waals surface area contributed by atoms with E-state index in [0.29, 0.717) is 0 Å². The Hall–Kier alpha value is -0.570. The van der Waals surface area contributed by atoms with Crippen molar-refractivity contribution in [2.45, 2.75) is 44.6 Å². The lowest BCUT2D eigenvalue weighted by molar-refractivity contribution is -0.148. The van der Waals surface area contributed by atoms with E-state index in [4.69, 9.17) is 5.11 Å². The molecule has 2 rings (SSSR count). The summed E-state index contributed by atoms with van der Waals surface area (Å²) < 4.78 is 0. The van der Waals surface area contributed by atoms with Gasteiger partial charge in [-0.15, -0.1) is 0 Å². The third-order valence-electron chi connectivity index (χ3n) is 3.65. The van der Waals surface area contributed by atoms with E-state index < -0.39 is 11.4 Å². The van der Waals surface area contributed by atoms with Crippen molar-refractivity contribution in [3.8, 4) is 0 Å². The van der Waals surface area contributed by atoms with Gasteiger partial charge in [-0.2, -0.15) is 0 Å². The van der Waals surface area contributed by atoms with Gasteiger partial charge >= 0.3 is 5.97 Å². The van der Waals surface area contributed by atoms with Crippen molar-refractivity contribution < 1.29 is 15.0 Å². The Morgan fingerprint density at radius 1 is 1.23 bits per heavy atom. The molecule has 0 aliphatic heterocycles. The molecular weight excluding hydrogens is 168 g/mol. The highest BCUT2D eigenvalue weighted by atomic mass is 16.4. The first-order valence-corrected chi connectivity index (χ1v) is 5.08. The molecule has 0 aromatic rings. The summed E-state index contributed by atoms with van der Waals surface area (Å²) in [5.74, 6) is -0.669. The number of aliphatic hydroxyl groups is 1. The topological polar surface area (TPSA) is 57.5 Å². The average Bonchev–Trinajstić information content (AvgIpc) is 2.85. The first kappa shape index (κ1) is 9.00. The number of rotatable bonds is 2. The van der Waals surface area contributed by atoms with Crippen LogP contribution in [0.2, 0.25) is 0 Å². The number of carbonyl (C=O) groups is 1. The Bertz CT molecular complexity index is 220. The van der Waals surface area contributed by atoms with E-state index >= 15 is 0 Å². The van der Waals surface area contributed by atoms with Crippen molar-refractivity contribution in [3.63, 3.8) is 0 Å². The van der Waals surface area contributed by atoms with Crippen LogP contribution >= 0.6 is 0 Å². The second kappa shape index (κ2) is 2.98. The normalized spacial score (nSPS) is 37.0. The molecule has 2 aliphatic rings. The van der Waals surface area contributed by atoms with Crippen LogP contribution in [0.4, 0.5) is 0 Å².